The summed E-state index contributed by atoms with van der Waals surface area (Å²) in [4.78, 5) is 0. The second kappa shape index (κ2) is 10.2. The van der Waals surface area contributed by atoms with E-state index in [-0.39, 0.29) is 5.60 Å². The van der Waals surface area contributed by atoms with Crippen LogP contribution in [0.15, 0.2) is 35.5 Å². The van der Waals surface area contributed by atoms with Gasteiger partial charge in [-0.2, -0.15) is 0 Å². The monoisotopic (exact) mass is 442 g/mol. The van der Waals surface area contributed by atoms with Gasteiger partial charge < -0.3 is 9.84 Å². The summed E-state index contributed by atoms with van der Waals surface area (Å²) in [5.74, 6) is 1.60. The Kier molecular flexibility index (Phi) is 8.19. The topological polar surface area (TPSA) is 29.5 Å². The fraction of sp³-hybridized carbons (Fsp3) is 0.800. The third-order valence-corrected chi connectivity index (χ3v) is 8.44. The molecule has 0 aliphatic heterocycles. The van der Waals surface area contributed by atoms with Gasteiger partial charge in [0.25, 0.3) is 0 Å². The zero-order valence-electron chi connectivity index (χ0n) is 21.9. The molecule has 3 rings (SSSR count). The smallest absolute Gasteiger partial charge is 0.0625 e. The molecule has 0 aromatic carbocycles. The molecular formula is C30H50O2. The van der Waals surface area contributed by atoms with Crippen LogP contribution < -0.4 is 0 Å². The second-order valence-corrected chi connectivity index (χ2v) is 12.9. The molecular weight excluding hydrogens is 392 g/mol. The predicted molar refractivity (Wildman–Crippen MR) is 137 cm³/mol. The summed E-state index contributed by atoms with van der Waals surface area (Å²) in [5, 5.41) is 10.0. The van der Waals surface area contributed by atoms with Gasteiger partial charge in [0, 0.05) is 0 Å². The van der Waals surface area contributed by atoms with E-state index in [1.54, 1.807) is 5.57 Å². The average molecular weight is 443 g/mol. The molecule has 1 N–H and O–H groups in total. The summed E-state index contributed by atoms with van der Waals surface area (Å²) in [6, 6.07) is 0. The van der Waals surface area contributed by atoms with E-state index in [0.29, 0.717) is 11.5 Å². The third kappa shape index (κ3) is 6.83. The van der Waals surface area contributed by atoms with Gasteiger partial charge in [0.15, 0.2) is 0 Å². The lowest BCUT2D eigenvalue weighted by Crippen LogP contribution is -2.33. The van der Waals surface area contributed by atoms with Gasteiger partial charge in [-0.25, -0.2) is 0 Å². The first kappa shape index (κ1) is 25.8. The Labute approximate surface area is 198 Å². The Balaban J connectivity index is 1.64. The Morgan fingerprint density at radius 2 is 1.81 bits per heavy atom. The van der Waals surface area contributed by atoms with Crippen LogP contribution in [0.2, 0.25) is 0 Å². The molecule has 3 fully saturated rings. The molecule has 0 unspecified atom stereocenters. The number of ether oxygens (including phenoxy) is 1. The first-order valence-electron chi connectivity index (χ1n) is 13.4. The molecule has 0 bridgehead atoms. The SMILES string of the molecule is C=C1CC[C@H](OC(C)(C)C)C/C1=C/C=C1\CCC[C@]2(C)[C@@H](CCCCC(C)(C)O)CC[C@@H]12. The average Bonchev–Trinajstić information content (AvgIpc) is 3.00. The second-order valence-electron chi connectivity index (χ2n) is 12.9. The summed E-state index contributed by atoms with van der Waals surface area (Å²) in [5.41, 5.74) is 4.28. The minimum absolute atomic E-state index is 0.0795. The van der Waals surface area contributed by atoms with E-state index in [4.69, 9.17) is 4.74 Å². The maximum absolute atomic E-state index is 10.0. The largest absolute Gasteiger partial charge is 0.390 e. The van der Waals surface area contributed by atoms with Crippen LogP contribution >= 0.6 is 0 Å². The molecule has 32 heavy (non-hydrogen) atoms. The number of hydrogen-bond donors (Lipinski definition) is 1. The van der Waals surface area contributed by atoms with Crippen LogP contribution in [0, 0.1) is 17.3 Å². The molecule has 3 saturated carbocycles. The number of rotatable bonds is 7. The van der Waals surface area contributed by atoms with Crippen molar-refractivity contribution in [1.29, 1.82) is 0 Å². The van der Waals surface area contributed by atoms with Crippen LogP contribution in [0.4, 0.5) is 0 Å². The highest BCUT2D eigenvalue weighted by atomic mass is 16.5. The first-order chi connectivity index (χ1) is 14.9. The van der Waals surface area contributed by atoms with E-state index in [2.05, 4.69) is 46.4 Å². The summed E-state index contributed by atoms with van der Waals surface area (Å²) in [6.45, 7) is 17.3. The number of allylic oxidation sites excluding steroid dienone is 4. The lowest BCUT2D eigenvalue weighted by molar-refractivity contribution is -0.0643. The molecule has 3 aliphatic rings. The van der Waals surface area contributed by atoms with Crippen LogP contribution in [0.1, 0.15) is 119 Å². The molecule has 4 atom stereocenters. The normalized spacial score (nSPS) is 34.3. The third-order valence-electron chi connectivity index (χ3n) is 8.44. The van der Waals surface area contributed by atoms with Crippen molar-refractivity contribution in [3.05, 3.63) is 35.5 Å². The van der Waals surface area contributed by atoms with E-state index in [0.717, 1.165) is 43.9 Å². The molecule has 2 heteroatoms. The fourth-order valence-electron chi connectivity index (χ4n) is 6.75. The Hall–Kier alpha value is -0.860. The lowest BCUT2D eigenvalue weighted by Gasteiger charge is -2.42. The maximum Gasteiger partial charge on any atom is 0.0625 e. The highest BCUT2D eigenvalue weighted by Crippen LogP contribution is 2.58. The van der Waals surface area contributed by atoms with Gasteiger partial charge in [-0.15, -0.1) is 0 Å². The van der Waals surface area contributed by atoms with Crippen molar-refractivity contribution in [2.24, 2.45) is 17.3 Å². The van der Waals surface area contributed by atoms with Crippen LogP contribution in [0.25, 0.3) is 0 Å². The van der Waals surface area contributed by atoms with Gasteiger partial charge in [-0.1, -0.05) is 49.6 Å². The van der Waals surface area contributed by atoms with Crippen molar-refractivity contribution >= 4 is 0 Å². The van der Waals surface area contributed by atoms with Crippen LogP contribution in [0.3, 0.4) is 0 Å². The molecule has 0 aromatic rings. The molecule has 0 amide bonds. The van der Waals surface area contributed by atoms with Gasteiger partial charge in [0.1, 0.15) is 0 Å². The van der Waals surface area contributed by atoms with E-state index in [9.17, 15) is 5.11 Å². The lowest BCUT2D eigenvalue weighted by atomic mass is 9.62. The summed E-state index contributed by atoms with van der Waals surface area (Å²) in [7, 11) is 0. The number of hydrogen-bond acceptors (Lipinski definition) is 2. The zero-order valence-corrected chi connectivity index (χ0v) is 21.9. The zero-order chi connectivity index (χ0) is 23.6. The van der Waals surface area contributed by atoms with Gasteiger partial charge in [-0.05, 0) is 122 Å². The summed E-state index contributed by atoms with van der Waals surface area (Å²) >= 11 is 0. The first-order valence-corrected chi connectivity index (χ1v) is 13.4. The molecule has 0 saturated heterocycles. The van der Waals surface area contributed by atoms with Crippen molar-refractivity contribution < 1.29 is 9.84 Å². The number of aliphatic hydroxyl groups is 1. The highest BCUT2D eigenvalue weighted by molar-refractivity contribution is 5.36. The van der Waals surface area contributed by atoms with Gasteiger partial charge in [-0.3, -0.25) is 0 Å². The van der Waals surface area contributed by atoms with Crippen LogP contribution in [-0.4, -0.2) is 22.4 Å². The molecule has 0 aromatic heterocycles. The van der Waals surface area contributed by atoms with Crippen molar-refractivity contribution in [2.75, 3.05) is 0 Å². The van der Waals surface area contributed by atoms with E-state index in [1.165, 1.54) is 56.1 Å². The van der Waals surface area contributed by atoms with Crippen molar-refractivity contribution in [2.45, 2.75) is 136 Å². The molecule has 0 radical (unpaired) electrons. The van der Waals surface area contributed by atoms with Gasteiger partial charge >= 0.3 is 0 Å². The van der Waals surface area contributed by atoms with Crippen molar-refractivity contribution in [1.82, 2.24) is 0 Å². The quantitative estimate of drug-likeness (QED) is 0.402. The van der Waals surface area contributed by atoms with E-state index >= 15 is 0 Å². The Bertz CT molecular complexity index is 714. The van der Waals surface area contributed by atoms with Crippen molar-refractivity contribution in [3.8, 4) is 0 Å². The Morgan fingerprint density at radius 3 is 2.50 bits per heavy atom. The fourth-order valence-corrected chi connectivity index (χ4v) is 6.75. The number of fused-ring (bicyclic) bond motifs is 1. The maximum atomic E-state index is 10.0. The Morgan fingerprint density at radius 1 is 1.06 bits per heavy atom. The molecule has 2 nitrogen and oxygen atoms in total. The van der Waals surface area contributed by atoms with Crippen LogP contribution in [0.5, 0.6) is 0 Å². The summed E-state index contributed by atoms with van der Waals surface area (Å²) in [6.07, 6.45) is 19.8. The minimum Gasteiger partial charge on any atom is -0.390 e. The van der Waals surface area contributed by atoms with E-state index in [1.807, 2.05) is 13.8 Å². The van der Waals surface area contributed by atoms with E-state index < -0.39 is 5.60 Å². The predicted octanol–water partition coefficient (Wildman–Crippen LogP) is 8.31. The van der Waals surface area contributed by atoms with Crippen molar-refractivity contribution in [3.63, 3.8) is 0 Å². The van der Waals surface area contributed by atoms with Gasteiger partial charge in [0.2, 0.25) is 0 Å². The number of unbranched alkanes of at least 4 members (excludes halogenated alkanes) is 1. The molecule has 0 spiro atoms. The molecule has 0 heterocycles. The summed E-state index contributed by atoms with van der Waals surface area (Å²) < 4.78 is 6.30. The van der Waals surface area contributed by atoms with Crippen LogP contribution in [-0.2, 0) is 4.74 Å². The minimum atomic E-state index is -0.517. The molecule has 3 aliphatic carbocycles. The highest BCUT2D eigenvalue weighted by Gasteiger charge is 2.48. The standard InChI is InChI=1S/C30H50O2/c1-22-13-17-26(32-28(2,3)4)21-24(22)15-14-23-11-10-20-30(7)25(16-18-27(23)30)12-8-9-19-29(5,6)31/h14-15,25-27,31H,1,8-13,16-21H2,2-7H3/b23-14+,24-15-/t25-,26-,27-,30+/m0/s1. The molecule has 182 valence electrons. The van der Waals surface area contributed by atoms with Gasteiger partial charge in [0.05, 0.1) is 17.3 Å².